The van der Waals surface area contributed by atoms with Crippen LogP contribution in [0.2, 0.25) is 0 Å². The molecule has 0 unspecified atom stereocenters. The van der Waals surface area contributed by atoms with Crippen LogP contribution in [0.5, 0.6) is 11.5 Å². The molecule has 0 saturated carbocycles. The number of carbonyl (C=O) groups is 1. The first-order valence-corrected chi connectivity index (χ1v) is 7.40. The number of rotatable bonds is 3. The Balaban J connectivity index is 2.15. The molecule has 1 aliphatic heterocycles. The maximum Gasteiger partial charge on any atom is 0.250 e. The molecule has 0 atom stereocenters. The Morgan fingerprint density at radius 1 is 1.18 bits per heavy atom. The van der Waals surface area contributed by atoms with Gasteiger partial charge in [0.05, 0.1) is 5.56 Å². The van der Waals surface area contributed by atoms with E-state index in [-0.39, 0.29) is 6.04 Å². The van der Waals surface area contributed by atoms with Crippen molar-refractivity contribution < 1.29 is 14.3 Å². The molecule has 0 saturated heterocycles. The topological polar surface area (TPSA) is 66.5 Å². The van der Waals surface area contributed by atoms with E-state index >= 15 is 0 Å². The zero-order chi connectivity index (χ0) is 15.9. The minimum absolute atomic E-state index is 0.219. The van der Waals surface area contributed by atoms with Crippen LogP contribution in [-0.2, 0) is 0 Å². The van der Waals surface area contributed by atoms with Gasteiger partial charge in [0.25, 0.3) is 5.91 Å². The maximum absolute atomic E-state index is 11.6. The highest BCUT2D eigenvalue weighted by atomic mass is 16.6. The first-order chi connectivity index (χ1) is 10.5. The summed E-state index contributed by atoms with van der Waals surface area (Å²) in [7, 11) is 0. The molecule has 0 fully saturated rings. The molecular formula is C17H20N2O3. The van der Waals surface area contributed by atoms with Crippen molar-refractivity contribution in [1.29, 1.82) is 0 Å². The second-order valence-electron chi connectivity index (χ2n) is 5.72. The van der Waals surface area contributed by atoms with E-state index < -0.39 is 5.91 Å². The zero-order valence-electron chi connectivity index (χ0n) is 13.1. The van der Waals surface area contributed by atoms with Gasteiger partial charge in [0.1, 0.15) is 13.2 Å². The predicted molar refractivity (Wildman–Crippen MR) is 84.5 cm³/mol. The standard InChI is InChI=1S/C17H20N2O3/c1-10(2)19-11(3)13(17(18)20)9-14(19)12-4-5-15-16(8-12)22-7-6-21-15/h4-5,8-10H,6-7H2,1-3H3,(H2,18,20). The van der Waals surface area contributed by atoms with Gasteiger partial charge >= 0.3 is 0 Å². The highest BCUT2D eigenvalue weighted by Crippen LogP contribution is 2.36. The third-order valence-electron chi connectivity index (χ3n) is 3.91. The van der Waals surface area contributed by atoms with E-state index in [9.17, 15) is 4.79 Å². The van der Waals surface area contributed by atoms with E-state index in [1.54, 1.807) is 0 Å². The summed E-state index contributed by atoms with van der Waals surface area (Å²) in [5.41, 5.74) is 8.86. The smallest absolute Gasteiger partial charge is 0.250 e. The molecule has 0 aliphatic carbocycles. The van der Waals surface area contributed by atoms with Crippen LogP contribution in [0.1, 0.15) is 35.9 Å². The van der Waals surface area contributed by atoms with Crippen molar-refractivity contribution in [2.45, 2.75) is 26.8 Å². The van der Waals surface area contributed by atoms with Crippen LogP contribution in [-0.4, -0.2) is 23.7 Å². The monoisotopic (exact) mass is 300 g/mol. The van der Waals surface area contributed by atoms with E-state index in [0.717, 1.165) is 28.5 Å². The number of hydrogen-bond donors (Lipinski definition) is 1. The van der Waals surface area contributed by atoms with Crippen LogP contribution in [0, 0.1) is 6.92 Å². The summed E-state index contributed by atoms with van der Waals surface area (Å²) in [6.07, 6.45) is 0. The Kier molecular flexibility index (Phi) is 3.56. The molecule has 5 heteroatoms. The minimum Gasteiger partial charge on any atom is -0.486 e. The molecule has 1 aromatic heterocycles. The lowest BCUT2D eigenvalue weighted by atomic mass is 10.1. The van der Waals surface area contributed by atoms with Gasteiger partial charge in [-0.3, -0.25) is 4.79 Å². The summed E-state index contributed by atoms with van der Waals surface area (Å²) in [6.45, 7) is 7.20. The number of benzene rings is 1. The van der Waals surface area contributed by atoms with Crippen LogP contribution in [0.4, 0.5) is 0 Å². The lowest BCUT2D eigenvalue weighted by molar-refractivity contribution is 0.0999. The van der Waals surface area contributed by atoms with Crippen molar-refractivity contribution in [3.8, 4) is 22.8 Å². The second-order valence-corrected chi connectivity index (χ2v) is 5.72. The molecule has 2 aromatic rings. The fourth-order valence-corrected chi connectivity index (χ4v) is 2.96. The number of carbonyl (C=O) groups excluding carboxylic acids is 1. The summed E-state index contributed by atoms with van der Waals surface area (Å²) >= 11 is 0. The van der Waals surface area contributed by atoms with Crippen LogP contribution in [0.15, 0.2) is 24.3 Å². The van der Waals surface area contributed by atoms with E-state index in [2.05, 4.69) is 18.4 Å². The average molecular weight is 300 g/mol. The number of nitrogens with two attached hydrogens (primary N) is 1. The minimum atomic E-state index is -0.407. The van der Waals surface area contributed by atoms with Gasteiger partial charge in [0.2, 0.25) is 0 Å². The van der Waals surface area contributed by atoms with Gasteiger partial charge in [-0.15, -0.1) is 0 Å². The van der Waals surface area contributed by atoms with Gasteiger partial charge in [-0.2, -0.15) is 0 Å². The number of nitrogens with zero attached hydrogens (tertiary/aromatic N) is 1. The Morgan fingerprint density at radius 2 is 1.86 bits per heavy atom. The number of primary amides is 1. The van der Waals surface area contributed by atoms with E-state index in [0.29, 0.717) is 18.8 Å². The summed E-state index contributed by atoms with van der Waals surface area (Å²) in [5, 5.41) is 0. The van der Waals surface area contributed by atoms with Crippen LogP contribution in [0.25, 0.3) is 11.3 Å². The van der Waals surface area contributed by atoms with Crippen molar-refractivity contribution >= 4 is 5.91 Å². The fraction of sp³-hybridized carbons (Fsp3) is 0.353. The fourth-order valence-electron chi connectivity index (χ4n) is 2.96. The zero-order valence-corrected chi connectivity index (χ0v) is 13.1. The molecule has 116 valence electrons. The van der Waals surface area contributed by atoms with Gasteiger partial charge in [0, 0.05) is 23.0 Å². The molecule has 0 bridgehead atoms. The highest BCUT2D eigenvalue weighted by Gasteiger charge is 2.20. The Bertz CT molecular complexity index is 732. The molecule has 5 nitrogen and oxygen atoms in total. The van der Waals surface area contributed by atoms with Gasteiger partial charge < -0.3 is 19.8 Å². The molecule has 1 aliphatic rings. The molecular weight excluding hydrogens is 280 g/mol. The Hall–Kier alpha value is -2.43. The van der Waals surface area contributed by atoms with Gasteiger partial charge in [0.15, 0.2) is 11.5 Å². The predicted octanol–water partition coefficient (Wildman–Crippen LogP) is 2.91. The van der Waals surface area contributed by atoms with Crippen LogP contribution >= 0.6 is 0 Å². The molecule has 2 N–H and O–H groups in total. The van der Waals surface area contributed by atoms with E-state index in [4.69, 9.17) is 15.2 Å². The maximum atomic E-state index is 11.6. The molecule has 0 spiro atoms. The number of fused-ring (bicyclic) bond motifs is 1. The van der Waals surface area contributed by atoms with Crippen LogP contribution < -0.4 is 15.2 Å². The van der Waals surface area contributed by atoms with Crippen molar-refractivity contribution in [2.24, 2.45) is 5.73 Å². The Labute approximate surface area is 129 Å². The average Bonchev–Trinajstić information content (AvgIpc) is 2.84. The first kappa shape index (κ1) is 14.5. The normalized spacial score (nSPS) is 13.5. The van der Waals surface area contributed by atoms with Crippen molar-refractivity contribution in [3.05, 3.63) is 35.5 Å². The molecule has 2 heterocycles. The third kappa shape index (κ3) is 2.32. The Morgan fingerprint density at radius 3 is 2.50 bits per heavy atom. The highest BCUT2D eigenvalue weighted by molar-refractivity contribution is 5.95. The summed E-state index contributed by atoms with van der Waals surface area (Å²) in [4.78, 5) is 11.6. The SMILES string of the molecule is Cc1c(C(N)=O)cc(-c2ccc3c(c2)OCCO3)n1C(C)C. The van der Waals surface area contributed by atoms with Crippen molar-refractivity contribution in [1.82, 2.24) is 4.57 Å². The lowest BCUT2D eigenvalue weighted by Gasteiger charge is -2.20. The number of ether oxygens (including phenoxy) is 2. The van der Waals surface area contributed by atoms with Crippen molar-refractivity contribution in [3.63, 3.8) is 0 Å². The second kappa shape index (κ2) is 5.40. The number of aromatic nitrogens is 1. The number of amides is 1. The van der Waals surface area contributed by atoms with E-state index in [1.807, 2.05) is 31.2 Å². The van der Waals surface area contributed by atoms with Crippen LogP contribution in [0.3, 0.4) is 0 Å². The molecule has 1 aromatic carbocycles. The molecule has 0 radical (unpaired) electrons. The molecule has 22 heavy (non-hydrogen) atoms. The molecule has 3 rings (SSSR count). The molecule has 1 amide bonds. The summed E-state index contributed by atoms with van der Waals surface area (Å²) in [5.74, 6) is 1.08. The van der Waals surface area contributed by atoms with E-state index in [1.165, 1.54) is 0 Å². The third-order valence-corrected chi connectivity index (χ3v) is 3.91. The summed E-state index contributed by atoms with van der Waals surface area (Å²) < 4.78 is 13.3. The quantitative estimate of drug-likeness (QED) is 0.947. The van der Waals surface area contributed by atoms with Crippen molar-refractivity contribution in [2.75, 3.05) is 13.2 Å². The van der Waals surface area contributed by atoms with Gasteiger partial charge in [-0.25, -0.2) is 0 Å². The first-order valence-electron chi connectivity index (χ1n) is 7.40. The largest absolute Gasteiger partial charge is 0.486 e. The lowest BCUT2D eigenvalue weighted by Crippen LogP contribution is -2.15. The van der Waals surface area contributed by atoms with Gasteiger partial charge in [-0.05, 0) is 45.0 Å². The summed E-state index contributed by atoms with van der Waals surface area (Å²) in [6, 6.07) is 7.90. The van der Waals surface area contributed by atoms with Gasteiger partial charge in [-0.1, -0.05) is 0 Å². The number of hydrogen-bond acceptors (Lipinski definition) is 3.